The first-order chi connectivity index (χ1) is 12.2. The number of carbonyl (C=O) groups is 2. The summed E-state index contributed by atoms with van der Waals surface area (Å²) in [7, 11) is 0. The molecule has 1 rings (SSSR count). The number of hydrogen-bond donors (Lipinski definition) is 0. The van der Waals surface area contributed by atoms with E-state index in [0.717, 1.165) is 17.9 Å². The van der Waals surface area contributed by atoms with Crippen molar-refractivity contribution in [3.05, 3.63) is 10.4 Å². The molecule has 1 aliphatic rings. The van der Waals surface area contributed by atoms with Crippen LogP contribution in [0.1, 0.15) is 26.2 Å². The predicted molar refractivity (Wildman–Crippen MR) is 87.6 cm³/mol. The van der Waals surface area contributed by atoms with Crippen LogP contribution in [0, 0.1) is 0 Å². The Kier molecular flexibility index (Phi) is 11.6. The summed E-state index contributed by atoms with van der Waals surface area (Å²) >= 11 is 0. The molecule has 25 heavy (non-hydrogen) atoms. The van der Waals surface area contributed by atoms with E-state index in [4.69, 9.17) is 24.5 Å². The molecule has 0 aromatic carbocycles. The van der Waals surface area contributed by atoms with Crippen LogP contribution in [0.15, 0.2) is 5.11 Å². The summed E-state index contributed by atoms with van der Waals surface area (Å²) < 4.78 is 21.3. The zero-order valence-corrected chi connectivity index (χ0v) is 14.6. The number of imide groups is 1. The monoisotopic (exact) mass is 358 g/mol. The van der Waals surface area contributed by atoms with Gasteiger partial charge in [-0.15, -0.1) is 0 Å². The van der Waals surface area contributed by atoms with Gasteiger partial charge in [-0.1, -0.05) is 12.0 Å². The van der Waals surface area contributed by atoms with E-state index in [9.17, 15) is 9.59 Å². The van der Waals surface area contributed by atoms with Gasteiger partial charge in [0.1, 0.15) is 6.17 Å². The van der Waals surface area contributed by atoms with Gasteiger partial charge in [-0.3, -0.25) is 14.5 Å². The second-order valence-corrected chi connectivity index (χ2v) is 5.26. The molecule has 142 valence electrons. The maximum absolute atomic E-state index is 11.6. The van der Waals surface area contributed by atoms with E-state index < -0.39 is 6.17 Å². The number of rotatable bonds is 15. The minimum absolute atomic E-state index is 0.0455. The zero-order chi connectivity index (χ0) is 18.3. The largest absolute Gasteiger partial charge is 0.379 e. The SMILES string of the molecule is CCCOCCOCCOCCOCC(N=[N+]=[N-])N1C(=O)CCC1=O. The molecule has 0 saturated carbocycles. The highest BCUT2D eigenvalue weighted by atomic mass is 16.6. The summed E-state index contributed by atoms with van der Waals surface area (Å²) in [6.07, 6.45) is 0.328. The number of nitrogens with zero attached hydrogens (tertiary/aromatic N) is 4. The van der Waals surface area contributed by atoms with Crippen LogP contribution in [0.25, 0.3) is 10.4 Å². The number of hydrogen-bond acceptors (Lipinski definition) is 7. The van der Waals surface area contributed by atoms with Crippen LogP contribution in [0.5, 0.6) is 0 Å². The Bertz CT molecular complexity index is 439. The molecule has 10 heteroatoms. The lowest BCUT2D eigenvalue weighted by molar-refractivity contribution is -0.142. The zero-order valence-electron chi connectivity index (χ0n) is 14.6. The quantitative estimate of drug-likeness (QED) is 0.143. The first-order valence-corrected chi connectivity index (χ1v) is 8.40. The number of ether oxygens (including phenoxy) is 4. The van der Waals surface area contributed by atoms with Crippen LogP contribution in [-0.2, 0) is 28.5 Å². The van der Waals surface area contributed by atoms with Crippen molar-refractivity contribution in [3.63, 3.8) is 0 Å². The summed E-state index contributed by atoms with van der Waals surface area (Å²) in [6, 6.07) is 0. The Balaban J connectivity index is 2.04. The molecule has 0 bridgehead atoms. The van der Waals surface area contributed by atoms with Crippen molar-refractivity contribution in [1.29, 1.82) is 0 Å². The molecule has 0 aromatic rings. The molecule has 0 aromatic heterocycles. The molecule has 0 N–H and O–H groups in total. The fourth-order valence-corrected chi connectivity index (χ4v) is 2.14. The summed E-state index contributed by atoms with van der Waals surface area (Å²) in [4.78, 5) is 26.9. The van der Waals surface area contributed by atoms with E-state index in [1.165, 1.54) is 0 Å². The molecular weight excluding hydrogens is 332 g/mol. The van der Waals surface area contributed by atoms with Gasteiger partial charge in [-0.25, -0.2) is 0 Å². The standard InChI is InChI=1S/C15H26N4O6/c1-2-5-22-6-7-23-8-9-24-10-11-25-12-13(17-18-16)19-14(20)3-4-15(19)21/h13H,2-12H2,1H3. The van der Waals surface area contributed by atoms with E-state index in [0.29, 0.717) is 33.0 Å². The van der Waals surface area contributed by atoms with Crippen LogP contribution in [-0.4, -0.2) is 75.7 Å². The van der Waals surface area contributed by atoms with Gasteiger partial charge >= 0.3 is 0 Å². The van der Waals surface area contributed by atoms with Crippen molar-refractivity contribution in [2.24, 2.45) is 5.11 Å². The molecule has 1 saturated heterocycles. The van der Waals surface area contributed by atoms with Gasteiger partial charge in [-0.2, -0.15) is 0 Å². The van der Waals surface area contributed by atoms with Gasteiger partial charge in [0, 0.05) is 24.4 Å². The van der Waals surface area contributed by atoms with Gasteiger partial charge in [0.2, 0.25) is 11.8 Å². The summed E-state index contributed by atoms with van der Waals surface area (Å²) in [5, 5.41) is 3.46. The molecule has 2 amide bonds. The summed E-state index contributed by atoms with van der Waals surface area (Å²) in [6.45, 7) is 5.34. The highest BCUT2D eigenvalue weighted by Crippen LogP contribution is 2.16. The van der Waals surface area contributed by atoms with Crippen LogP contribution < -0.4 is 0 Å². The molecule has 1 aliphatic heterocycles. The smallest absolute Gasteiger partial charge is 0.230 e. The number of likely N-dealkylation sites (tertiary alicyclic amines) is 1. The molecular formula is C15H26N4O6. The second-order valence-electron chi connectivity index (χ2n) is 5.26. The molecule has 1 atom stereocenters. The first kappa shape index (κ1) is 21.3. The summed E-state index contributed by atoms with van der Waals surface area (Å²) in [5.41, 5.74) is 8.57. The second kappa shape index (κ2) is 13.6. The van der Waals surface area contributed by atoms with Gasteiger partial charge in [-0.05, 0) is 12.0 Å². The lowest BCUT2D eigenvalue weighted by Crippen LogP contribution is -2.41. The van der Waals surface area contributed by atoms with Gasteiger partial charge in [0.25, 0.3) is 0 Å². The van der Waals surface area contributed by atoms with Gasteiger partial charge < -0.3 is 18.9 Å². The molecule has 0 radical (unpaired) electrons. The van der Waals surface area contributed by atoms with E-state index in [1.54, 1.807) is 0 Å². The third-order valence-electron chi connectivity index (χ3n) is 3.30. The van der Waals surface area contributed by atoms with Crippen molar-refractivity contribution in [3.8, 4) is 0 Å². The number of amides is 2. The lowest BCUT2D eigenvalue weighted by atomic mass is 10.4. The maximum Gasteiger partial charge on any atom is 0.230 e. The van der Waals surface area contributed by atoms with E-state index in [-0.39, 0.29) is 37.9 Å². The third kappa shape index (κ3) is 8.80. The molecule has 1 heterocycles. The maximum atomic E-state index is 11.6. The van der Waals surface area contributed by atoms with Crippen molar-refractivity contribution in [1.82, 2.24) is 4.90 Å². The summed E-state index contributed by atoms with van der Waals surface area (Å²) in [5.74, 6) is -0.690. The van der Waals surface area contributed by atoms with E-state index in [1.807, 2.05) is 6.92 Å². The van der Waals surface area contributed by atoms with Crippen LogP contribution >= 0.6 is 0 Å². The molecule has 0 aliphatic carbocycles. The fraction of sp³-hybridized carbons (Fsp3) is 0.867. The highest BCUT2D eigenvalue weighted by Gasteiger charge is 2.34. The number of azide groups is 1. The minimum Gasteiger partial charge on any atom is -0.379 e. The third-order valence-corrected chi connectivity index (χ3v) is 3.30. The van der Waals surface area contributed by atoms with Gasteiger partial charge in [0.05, 0.1) is 46.2 Å². The average Bonchev–Trinajstić information content (AvgIpc) is 2.93. The molecule has 10 nitrogen and oxygen atoms in total. The van der Waals surface area contributed by atoms with Crippen molar-refractivity contribution >= 4 is 11.8 Å². The Morgan fingerprint density at radius 2 is 1.44 bits per heavy atom. The molecule has 1 fully saturated rings. The Labute approximate surface area is 147 Å². The Morgan fingerprint density at radius 3 is 1.92 bits per heavy atom. The van der Waals surface area contributed by atoms with Crippen molar-refractivity contribution in [2.45, 2.75) is 32.4 Å². The number of carbonyl (C=O) groups excluding carboxylic acids is 2. The Morgan fingerprint density at radius 1 is 0.960 bits per heavy atom. The first-order valence-electron chi connectivity index (χ1n) is 8.40. The van der Waals surface area contributed by atoms with Gasteiger partial charge in [0.15, 0.2) is 0 Å². The van der Waals surface area contributed by atoms with E-state index in [2.05, 4.69) is 10.0 Å². The molecule has 1 unspecified atom stereocenters. The van der Waals surface area contributed by atoms with Crippen molar-refractivity contribution in [2.75, 3.05) is 52.9 Å². The molecule has 0 spiro atoms. The normalized spacial score (nSPS) is 15.5. The predicted octanol–water partition coefficient (Wildman–Crippen LogP) is 1.25. The van der Waals surface area contributed by atoms with Crippen LogP contribution in [0.4, 0.5) is 0 Å². The average molecular weight is 358 g/mol. The fourth-order valence-electron chi connectivity index (χ4n) is 2.14. The Hall–Kier alpha value is -1.71. The van der Waals surface area contributed by atoms with E-state index >= 15 is 0 Å². The van der Waals surface area contributed by atoms with Crippen LogP contribution in [0.2, 0.25) is 0 Å². The topological polar surface area (TPSA) is 123 Å². The minimum atomic E-state index is -0.945. The van der Waals surface area contributed by atoms with Crippen LogP contribution in [0.3, 0.4) is 0 Å². The van der Waals surface area contributed by atoms with Crippen molar-refractivity contribution < 1.29 is 28.5 Å². The highest BCUT2D eigenvalue weighted by molar-refractivity contribution is 6.02. The lowest BCUT2D eigenvalue weighted by Gasteiger charge is -2.21.